The molecule has 0 aliphatic heterocycles. The Morgan fingerprint density at radius 3 is 2.71 bits per heavy atom. The molecule has 4 heteroatoms. The predicted molar refractivity (Wildman–Crippen MR) is 55.0 cm³/mol. The summed E-state index contributed by atoms with van der Waals surface area (Å²) in [4.78, 5) is 8.05. The molecule has 0 bridgehead atoms. The van der Waals surface area contributed by atoms with E-state index in [1.165, 1.54) is 6.33 Å². The fourth-order valence-electron chi connectivity index (χ4n) is 1.30. The molecule has 4 nitrogen and oxygen atoms in total. The highest BCUT2D eigenvalue weighted by molar-refractivity contribution is 5.16. The van der Waals surface area contributed by atoms with E-state index in [4.69, 9.17) is 10.5 Å². The number of rotatable bonds is 4. The normalized spacial score (nSPS) is 12.9. The molecule has 1 heterocycles. The highest BCUT2D eigenvalue weighted by Gasteiger charge is 2.10. The summed E-state index contributed by atoms with van der Waals surface area (Å²) in [6, 6.07) is 1.75. The summed E-state index contributed by atoms with van der Waals surface area (Å²) in [6.45, 7) is 4.27. The van der Waals surface area contributed by atoms with E-state index in [0.717, 1.165) is 12.1 Å². The number of nitrogens with zero attached hydrogens (tertiary/aromatic N) is 2. The molecule has 1 atom stereocenters. The third kappa shape index (κ3) is 2.96. The Hall–Kier alpha value is -1.16. The fraction of sp³-hybridized carbons (Fsp3) is 0.600. The molecule has 0 radical (unpaired) electrons. The molecule has 0 amide bonds. The summed E-state index contributed by atoms with van der Waals surface area (Å²) >= 11 is 0. The molecule has 0 saturated heterocycles. The van der Waals surface area contributed by atoms with Crippen LogP contribution in [0, 0.1) is 5.92 Å². The molecule has 0 fully saturated rings. The van der Waals surface area contributed by atoms with Crippen molar-refractivity contribution in [1.29, 1.82) is 0 Å². The van der Waals surface area contributed by atoms with Gasteiger partial charge >= 0.3 is 0 Å². The van der Waals surface area contributed by atoms with Crippen molar-refractivity contribution >= 4 is 0 Å². The van der Waals surface area contributed by atoms with Gasteiger partial charge in [0.2, 0.25) is 5.88 Å². The maximum absolute atomic E-state index is 5.97. The number of methoxy groups -OCH3 is 1. The van der Waals surface area contributed by atoms with Crippen molar-refractivity contribution in [3.63, 3.8) is 0 Å². The number of hydrogen-bond acceptors (Lipinski definition) is 4. The Labute approximate surface area is 84.5 Å². The average molecular weight is 195 g/mol. The number of ether oxygens (including phenoxy) is 1. The van der Waals surface area contributed by atoms with E-state index in [1.807, 2.05) is 0 Å². The zero-order valence-corrected chi connectivity index (χ0v) is 8.90. The van der Waals surface area contributed by atoms with Crippen molar-refractivity contribution in [1.82, 2.24) is 9.97 Å². The molecule has 78 valence electrons. The summed E-state index contributed by atoms with van der Waals surface area (Å²) in [6.07, 6.45) is 2.40. The predicted octanol–water partition coefficient (Wildman–Crippen LogP) is 1.53. The maximum Gasteiger partial charge on any atom is 0.216 e. The highest BCUT2D eigenvalue weighted by atomic mass is 16.5. The van der Waals surface area contributed by atoms with Gasteiger partial charge in [0, 0.05) is 12.1 Å². The summed E-state index contributed by atoms with van der Waals surface area (Å²) in [5, 5.41) is 0. The largest absolute Gasteiger partial charge is 0.481 e. The first-order valence-corrected chi connectivity index (χ1v) is 4.75. The van der Waals surface area contributed by atoms with E-state index in [9.17, 15) is 0 Å². The van der Waals surface area contributed by atoms with Crippen LogP contribution in [0.1, 0.15) is 32.0 Å². The van der Waals surface area contributed by atoms with E-state index >= 15 is 0 Å². The minimum atomic E-state index is -0.0353. The van der Waals surface area contributed by atoms with Crippen LogP contribution in [0.25, 0.3) is 0 Å². The van der Waals surface area contributed by atoms with Crippen LogP contribution in [0.15, 0.2) is 12.4 Å². The molecule has 1 aromatic heterocycles. The van der Waals surface area contributed by atoms with Crippen LogP contribution in [0.4, 0.5) is 0 Å². The van der Waals surface area contributed by atoms with Crippen molar-refractivity contribution in [2.45, 2.75) is 26.3 Å². The molecular formula is C10H17N3O. The molecule has 14 heavy (non-hydrogen) atoms. The second-order valence-corrected chi connectivity index (χ2v) is 3.72. The monoisotopic (exact) mass is 195 g/mol. The lowest BCUT2D eigenvalue weighted by Crippen LogP contribution is -2.14. The van der Waals surface area contributed by atoms with Gasteiger partial charge in [-0.05, 0) is 12.3 Å². The Kier molecular flexibility index (Phi) is 3.83. The Bertz CT molecular complexity index is 288. The minimum absolute atomic E-state index is 0.0353. The summed E-state index contributed by atoms with van der Waals surface area (Å²) in [5.74, 6) is 1.13. The zero-order valence-electron chi connectivity index (χ0n) is 8.90. The molecule has 2 N–H and O–H groups in total. The second kappa shape index (κ2) is 4.91. The molecule has 0 saturated carbocycles. The van der Waals surface area contributed by atoms with Gasteiger partial charge in [0.15, 0.2) is 0 Å². The third-order valence-electron chi connectivity index (χ3n) is 1.98. The third-order valence-corrected chi connectivity index (χ3v) is 1.98. The van der Waals surface area contributed by atoms with Gasteiger partial charge in [-0.3, -0.25) is 0 Å². The Morgan fingerprint density at radius 2 is 2.14 bits per heavy atom. The van der Waals surface area contributed by atoms with Crippen LogP contribution in [0.5, 0.6) is 5.88 Å². The van der Waals surface area contributed by atoms with Crippen LogP contribution in [0.2, 0.25) is 0 Å². The van der Waals surface area contributed by atoms with Crippen LogP contribution in [-0.4, -0.2) is 17.1 Å². The van der Waals surface area contributed by atoms with E-state index < -0.39 is 0 Å². The van der Waals surface area contributed by atoms with Gasteiger partial charge in [0.05, 0.1) is 12.8 Å². The van der Waals surface area contributed by atoms with Crippen molar-refractivity contribution in [2.75, 3.05) is 7.11 Å². The van der Waals surface area contributed by atoms with E-state index in [0.29, 0.717) is 11.8 Å². The van der Waals surface area contributed by atoms with Gasteiger partial charge in [0.1, 0.15) is 6.33 Å². The van der Waals surface area contributed by atoms with Gasteiger partial charge in [-0.2, -0.15) is 0 Å². The molecule has 0 aliphatic rings. The highest BCUT2D eigenvalue weighted by Crippen LogP contribution is 2.18. The van der Waals surface area contributed by atoms with E-state index in [1.54, 1.807) is 13.2 Å². The van der Waals surface area contributed by atoms with Crippen LogP contribution in [-0.2, 0) is 0 Å². The van der Waals surface area contributed by atoms with Crippen molar-refractivity contribution < 1.29 is 4.74 Å². The molecule has 1 unspecified atom stereocenters. The fourth-order valence-corrected chi connectivity index (χ4v) is 1.30. The maximum atomic E-state index is 5.97. The lowest BCUT2D eigenvalue weighted by Gasteiger charge is -2.13. The number of nitrogens with two attached hydrogens (primary N) is 1. The summed E-state index contributed by atoms with van der Waals surface area (Å²) in [5.41, 5.74) is 6.81. The summed E-state index contributed by atoms with van der Waals surface area (Å²) in [7, 11) is 1.58. The first-order valence-electron chi connectivity index (χ1n) is 4.75. The first-order chi connectivity index (χ1) is 6.63. The molecule has 0 aromatic carbocycles. The standard InChI is InChI=1S/C10H17N3O/c1-7(2)4-8(11)9-5-10(14-3)13-6-12-9/h5-8H,4,11H2,1-3H3. The van der Waals surface area contributed by atoms with Gasteiger partial charge in [-0.1, -0.05) is 13.8 Å². The number of aromatic nitrogens is 2. The van der Waals surface area contributed by atoms with Crippen molar-refractivity contribution in [3.8, 4) is 5.88 Å². The molecule has 0 aliphatic carbocycles. The van der Waals surface area contributed by atoms with Gasteiger partial charge in [-0.15, -0.1) is 0 Å². The minimum Gasteiger partial charge on any atom is -0.481 e. The lowest BCUT2D eigenvalue weighted by atomic mass is 10.0. The van der Waals surface area contributed by atoms with Crippen LogP contribution < -0.4 is 10.5 Å². The lowest BCUT2D eigenvalue weighted by molar-refractivity contribution is 0.394. The van der Waals surface area contributed by atoms with Crippen LogP contribution >= 0.6 is 0 Å². The average Bonchev–Trinajstić information content (AvgIpc) is 2.17. The van der Waals surface area contributed by atoms with Crippen LogP contribution in [0.3, 0.4) is 0 Å². The Balaban J connectivity index is 2.73. The topological polar surface area (TPSA) is 61.0 Å². The smallest absolute Gasteiger partial charge is 0.216 e. The molecule has 1 rings (SSSR count). The SMILES string of the molecule is COc1cc(C(N)CC(C)C)ncn1. The van der Waals surface area contributed by atoms with Crippen molar-refractivity contribution in [3.05, 3.63) is 18.1 Å². The van der Waals surface area contributed by atoms with Gasteiger partial charge < -0.3 is 10.5 Å². The van der Waals surface area contributed by atoms with Gasteiger partial charge in [-0.25, -0.2) is 9.97 Å². The van der Waals surface area contributed by atoms with E-state index in [-0.39, 0.29) is 6.04 Å². The van der Waals surface area contributed by atoms with Crippen molar-refractivity contribution in [2.24, 2.45) is 11.7 Å². The molecule has 1 aromatic rings. The van der Waals surface area contributed by atoms with Gasteiger partial charge in [0.25, 0.3) is 0 Å². The zero-order chi connectivity index (χ0) is 10.6. The first kappa shape index (κ1) is 10.9. The second-order valence-electron chi connectivity index (χ2n) is 3.72. The van der Waals surface area contributed by atoms with E-state index in [2.05, 4.69) is 23.8 Å². The number of hydrogen-bond donors (Lipinski definition) is 1. The Morgan fingerprint density at radius 1 is 1.43 bits per heavy atom. The quantitative estimate of drug-likeness (QED) is 0.791. The molecule has 0 spiro atoms. The summed E-state index contributed by atoms with van der Waals surface area (Å²) < 4.78 is 5.00. The molecular weight excluding hydrogens is 178 g/mol.